The lowest BCUT2D eigenvalue weighted by atomic mass is 10.0. The molecule has 0 saturated carbocycles. The summed E-state index contributed by atoms with van der Waals surface area (Å²) in [4.78, 5) is 0.238. The Balaban J connectivity index is 1.88. The van der Waals surface area contributed by atoms with Gasteiger partial charge >= 0.3 is 0 Å². The van der Waals surface area contributed by atoms with E-state index in [4.69, 9.17) is 4.74 Å². The molecule has 2 aromatic rings. The van der Waals surface area contributed by atoms with Crippen molar-refractivity contribution in [1.29, 1.82) is 0 Å². The molecule has 3 rings (SSSR count). The molecule has 0 spiro atoms. The Morgan fingerprint density at radius 2 is 1.83 bits per heavy atom. The van der Waals surface area contributed by atoms with Crippen molar-refractivity contribution < 1.29 is 13.2 Å². The fourth-order valence-corrected chi connectivity index (χ4v) is 4.53. The van der Waals surface area contributed by atoms with E-state index in [1.165, 1.54) is 17.0 Å². The van der Waals surface area contributed by atoms with Crippen LogP contribution in [0.1, 0.15) is 17.5 Å². The summed E-state index contributed by atoms with van der Waals surface area (Å²) in [6.45, 7) is 2.73. The van der Waals surface area contributed by atoms with E-state index in [0.29, 0.717) is 25.3 Å². The smallest absolute Gasteiger partial charge is 0.247 e. The highest BCUT2D eigenvalue weighted by Crippen LogP contribution is 2.30. The second-order valence-corrected chi connectivity index (χ2v) is 7.77. The maximum absolute atomic E-state index is 13.0. The van der Waals surface area contributed by atoms with Gasteiger partial charge in [0.1, 0.15) is 10.6 Å². The number of methoxy groups -OCH3 is 1. The molecule has 1 aliphatic rings. The molecule has 0 saturated heterocycles. The van der Waals surface area contributed by atoms with Crippen molar-refractivity contribution in [2.45, 2.75) is 18.2 Å². The zero-order valence-corrected chi connectivity index (χ0v) is 14.7. The highest BCUT2D eigenvalue weighted by Gasteiger charge is 2.29. The number of sulfonamides is 1. The van der Waals surface area contributed by atoms with Crippen LogP contribution in [0, 0.1) is 6.92 Å². The number of aryl methyl sites for hydroxylation is 1. The monoisotopic (exact) mass is 343 g/mol. The van der Waals surface area contributed by atoms with Gasteiger partial charge in [0, 0.05) is 13.1 Å². The van der Waals surface area contributed by atoms with Gasteiger partial charge in [0.25, 0.3) is 0 Å². The average Bonchev–Trinajstić information content (AvgIpc) is 2.62. The van der Waals surface area contributed by atoms with E-state index >= 15 is 0 Å². The summed E-state index contributed by atoms with van der Waals surface area (Å²) in [7, 11) is -2.08. The van der Waals surface area contributed by atoms with Crippen LogP contribution in [0.3, 0.4) is 0 Å². The first kappa shape index (κ1) is 16.7. The molecular formula is C19H21NO3S. The van der Waals surface area contributed by atoms with Crippen LogP contribution < -0.4 is 4.74 Å². The van der Waals surface area contributed by atoms with Crippen molar-refractivity contribution in [1.82, 2.24) is 4.31 Å². The van der Waals surface area contributed by atoms with Gasteiger partial charge in [0.05, 0.1) is 7.11 Å². The predicted octanol–water partition coefficient (Wildman–Crippen LogP) is 3.48. The van der Waals surface area contributed by atoms with Crippen LogP contribution >= 0.6 is 0 Å². The summed E-state index contributed by atoms with van der Waals surface area (Å²) >= 11 is 0. The third-order valence-electron chi connectivity index (χ3n) is 4.25. The van der Waals surface area contributed by atoms with E-state index in [0.717, 1.165) is 11.1 Å². The third-order valence-corrected chi connectivity index (χ3v) is 6.14. The minimum atomic E-state index is -3.57. The summed E-state index contributed by atoms with van der Waals surface area (Å²) < 4.78 is 32.7. The van der Waals surface area contributed by atoms with Crippen molar-refractivity contribution in [3.05, 3.63) is 65.7 Å². The van der Waals surface area contributed by atoms with Crippen molar-refractivity contribution in [2.24, 2.45) is 0 Å². The second kappa shape index (κ2) is 6.79. The molecule has 0 N–H and O–H groups in total. The zero-order valence-electron chi connectivity index (χ0n) is 13.9. The van der Waals surface area contributed by atoms with Crippen LogP contribution in [0.2, 0.25) is 0 Å². The van der Waals surface area contributed by atoms with E-state index in [2.05, 4.69) is 12.1 Å². The molecule has 2 aromatic carbocycles. The Hall–Kier alpha value is -2.11. The lowest BCUT2D eigenvalue weighted by molar-refractivity contribution is 0.395. The standard InChI is InChI=1S/C19H21NO3S/c1-15-8-9-18(23-2)19(14-15)24(21,22)20-12-10-17(11-13-20)16-6-4-3-5-7-16/h3-10,14H,11-13H2,1-2H3. The summed E-state index contributed by atoms with van der Waals surface area (Å²) in [6, 6.07) is 15.3. The highest BCUT2D eigenvalue weighted by atomic mass is 32.2. The molecule has 0 aromatic heterocycles. The van der Waals surface area contributed by atoms with E-state index in [-0.39, 0.29) is 4.90 Å². The van der Waals surface area contributed by atoms with Crippen LogP contribution in [0.15, 0.2) is 59.5 Å². The Bertz CT molecular complexity index is 857. The molecule has 0 atom stereocenters. The first-order valence-electron chi connectivity index (χ1n) is 7.91. The third kappa shape index (κ3) is 3.23. The maximum Gasteiger partial charge on any atom is 0.247 e. The van der Waals surface area contributed by atoms with Crippen LogP contribution in [0.4, 0.5) is 0 Å². The molecule has 0 radical (unpaired) electrons. The molecule has 0 bridgehead atoms. The molecule has 1 heterocycles. The fourth-order valence-electron chi connectivity index (χ4n) is 2.91. The van der Waals surface area contributed by atoms with Gasteiger partial charge in [0.15, 0.2) is 0 Å². The van der Waals surface area contributed by atoms with Gasteiger partial charge in [-0.1, -0.05) is 42.5 Å². The topological polar surface area (TPSA) is 46.6 Å². The Morgan fingerprint density at radius 3 is 2.46 bits per heavy atom. The Morgan fingerprint density at radius 1 is 1.08 bits per heavy atom. The molecule has 0 unspecified atom stereocenters. The van der Waals surface area contributed by atoms with Crippen molar-refractivity contribution >= 4 is 15.6 Å². The number of ether oxygens (including phenoxy) is 1. The average molecular weight is 343 g/mol. The van der Waals surface area contributed by atoms with Crippen molar-refractivity contribution in [2.75, 3.05) is 20.2 Å². The lowest BCUT2D eigenvalue weighted by Gasteiger charge is -2.26. The van der Waals surface area contributed by atoms with Crippen LogP contribution in [-0.2, 0) is 10.0 Å². The van der Waals surface area contributed by atoms with Gasteiger partial charge in [-0.3, -0.25) is 0 Å². The van der Waals surface area contributed by atoms with Gasteiger partial charge in [-0.2, -0.15) is 4.31 Å². The van der Waals surface area contributed by atoms with Crippen LogP contribution in [-0.4, -0.2) is 32.9 Å². The summed E-state index contributed by atoms with van der Waals surface area (Å²) in [5.74, 6) is 0.387. The summed E-state index contributed by atoms with van der Waals surface area (Å²) in [5.41, 5.74) is 3.24. The van der Waals surface area contributed by atoms with Crippen LogP contribution in [0.5, 0.6) is 5.75 Å². The number of benzene rings is 2. The lowest BCUT2D eigenvalue weighted by Crippen LogP contribution is -2.35. The predicted molar refractivity (Wildman–Crippen MR) is 95.5 cm³/mol. The molecular weight excluding hydrogens is 322 g/mol. The van der Waals surface area contributed by atoms with Gasteiger partial charge in [-0.15, -0.1) is 0 Å². The van der Waals surface area contributed by atoms with E-state index in [9.17, 15) is 8.42 Å². The molecule has 0 amide bonds. The maximum atomic E-state index is 13.0. The largest absolute Gasteiger partial charge is 0.495 e. The van der Waals surface area contributed by atoms with Crippen LogP contribution in [0.25, 0.3) is 5.57 Å². The number of hydrogen-bond donors (Lipinski definition) is 0. The highest BCUT2D eigenvalue weighted by molar-refractivity contribution is 7.89. The molecule has 0 fully saturated rings. The normalized spacial score (nSPS) is 15.8. The Kier molecular flexibility index (Phi) is 4.73. The van der Waals surface area contributed by atoms with Gasteiger partial charge in [0.2, 0.25) is 10.0 Å². The first-order chi connectivity index (χ1) is 11.5. The summed E-state index contributed by atoms with van der Waals surface area (Å²) in [5, 5.41) is 0. The first-order valence-corrected chi connectivity index (χ1v) is 9.35. The minimum Gasteiger partial charge on any atom is -0.495 e. The number of hydrogen-bond acceptors (Lipinski definition) is 3. The van der Waals surface area contributed by atoms with E-state index in [1.54, 1.807) is 12.1 Å². The Labute approximate surface area is 143 Å². The van der Waals surface area contributed by atoms with E-state index in [1.807, 2.05) is 37.3 Å². The fraction of sp³-hybridized carbons (Fsp3) is 0.263. The van der Waals surface area contributed by atoms with Gasteiger partial charge in [-0.05, 0) is 42.2 Å². The molecule has 1 aliphatic heterocycles. The SMILES string of the molecule is COc1ccc(C)cc1S(=O)(=O)N1CC=C(c2ccccc2)CC1. The van der Waals surface area contributed by atoms with Gasteiger partial charge < -0.3 is 4.74 Å². The summed E-state index contributed by atoms with van der Waals surface area (Å²) in [6.07, 6.45) is 2.70. The number of nitrogens with zero attached hydrogens (tertiary/aromatic N) is 1. The molecule has 4 nitrogen and oxygen atoms in total. The quantitative estimate of drug-likeness (QED) is 0.854. The molecule has 5 heteroatoms. The van der Waals surface area contributed by atoms with Crippen molar-refractivity contribution in [3.8, 4) is 5.75 Å². The van der Waals surface area contributed by atoms with Gasteiger partial charge in [-0.25, -0.2) is 8.42 Å². The minimum absolute atomic E-state index is 0.238. The number of rotatable bonds is 4. The molecule has 24 heavy (non-hydrogen) atoms. The zero-order chi connectivity index (χ0) is 17.2. The molecule has 126 valence electrons. The van der Waals surface area contributed by atoms with Crippen molar-refractivity contribution in [3.63, 3.8) is 0 Å². The molecule has 0 aliphatic carbocycles. The van der Waals surface area contributed by atoms with E-state index < -0.39 is 10.0 Å². The second-order valence-electron chi connectivity index (χ2n) is 5.86.